The van der Waals surface area contributed by atoms with Crippen LogP contribution in [0.3, 0.4) is 0 Å². The van der Waals surface area contributed by atoms with Gasteiger partial charge in [-0.2, -0.15) is 13.2 Å². The number of carbonyl (C=O) groups excluding carboxylic acids is 1. The van der Waals surface area contributed by atoms with Crippen LogP contribution in [0.2, 0.25) is 0 Å². The van der Waals surface area contributed by atoms with Gasteiger partial charge in [0.2, 0.25) is 0 Å². The van der Waals surface area contributed by atoms with Crippen molar-refractivity contribution < 1.29 is 18.0 Å². The average molecular weight is 362 g/mol. The molecule has 1 amide bonds. The summed E-state index contributed by atoms with van der Waals surface area (Å²) in [6.45, 7) is 2.63. The Morgan fingerprint density at radius 2 is 1.58 bits per heavy atom. The van der Waals surface area contributed by atoms with Gasteiger partial charge in [-0.25, -0.2) is 0 Å². The number of hydrogen-bond acceptors (Lipinski definition) is 2. The molecule has 3 nitrogen and oxygen atoms in total. The Bertz CT molecular complexity index is 733. The number of nitrogens with one attached hydrogen (secondary N) is 1. The number of carbonyl (C=O) groups is 1. The van der Waals surface area contributed by atoms with Crippen molar-refractivity contribution in [2.75, 3.05) is 24.5 Å². The normalized spacial score (nSPS) is 14.5. The van der Waals surface area contributed by atoms with Crippen molar-refractivity contribution in [2.24, 2.45) is 0 Å². The molecule has 0 radical (unpaired) electrons. The van der Waals surface area contributed by atoms with Gasteiger partial charge >= 0.3 is 6.18 Å². The first-order valence-electron chi connectivity index (χ1n) is 8.73. The van der Waals surface area contributed by atoms with Crippen molar-refractivity contribution in [2.45, 2.75) is 25.4 Å². The molecule has 2 aromatic rings. The number of amides is 1. The van der Waals surface area contributed by atoms with Crippen LogP contribution in [0.25, 0.3) is 0 Å². The average Bonchev–Trinajstić information content (AvgIpc) is 3.16. The van der Waals surface area contributed by atoms with Crippen LogP contribution in [0.15, 0.2) is 48.5 Å². The van der Waals surface area contributed by atoms with E-state index in [1.165, 1.54) is 30.7 Å². The summed E-state index contributed by atoms with van der Waals surface area (Å²) in [4.78, 5) is 14.4. The van der Waals surface area contributed by atoms with Crippen LogP contribution >= 0.6 is 0 Å². The third kappa shape index (κ3) is 4.56. The zero-order chi connectivity index (χ0) is 18.6. The first-order valence-corrected chi connectivity index (χ1v) is 8.73. The maximum absolute atomic E-state index is 12.5. The zero-order valence-corrected chi connectivity index (χ0v) is 14.4. The van der Waals surface area contributed by atoms with Crippen molar-refractivity contribution in [1.29, 1.82) is 0 Å². The zero-order valence-electron chi connectivity index (χ0n) is 14.4. The third-order valence-electron chi connectivity index (χ3n) is 4.58. The second kappa shape index (κ2) is 7.81. The van der Waals surface area contributed by atoms with Gasteiger partial charge < -0.3 is 10.2 Å². The molecule has 0 bridgehead atoms. The van der Waals surface area contributed by atoms with Crippen LogP contribution < -0.4 is 10.2 Å². The van der Waals surface area contributed by atoms with E-state index in [1.807, 2.05) is 0 Å². The summed E-state index contributed by atoms with van der Waals surface area (Å²) in [5.41, 5.74) is 1.80. The highest BCUT2D eigenvalue weighted by atomic mass is 19.4. The molecule has 1 aliphatic rings. The molecule has 1 saturated heterocycles. The minimum Gasteiger partial charge on any atom is -0.372 e. The van der Waals surface area contributed by atoms with Crippen LogP contribution in [0.1, 0.15) is 34.3 Å². The third-order valence-corrected chi connectivity index (χ3v) is 4.58. The Balaban J connectivity index is 1.49. The molecule has 0 spiro atoms. The quantitative estimate of drug-likeness (QED) is 0.861. The highest BCUT2D eigenvalue weighted by Crippen LogP contribution is 2.29. The number of hydrogen-bond donors (Lipinski definition) is 1. The predicted molar refractivity (Wildman–Crippen MR) is 95.4 cm³/mol. The van der Waals surface area contributed by atoms with Crippen molar-refractivity contribution >= 4 is 11.6 Å². The number of rotatable bonds is 5. The largest absolute Gasteiger partial charge is 0.416 e. The maximum Gasteiger partial charge on any atom is 0.416 e. The second-order valence-electron chi connectivity index (χ2n) is 6.44. The van der Waals surface area contributed by atoms with E-state index in [4.69, 9.17) is 0 Å². The van der Waals surface area contributed by atoms with Crippen LogP contribution in [0, 0.1) is 0 Å². The molecule has 1 heterocycles. The van der Waals surface area contributed by atoms with Gasteiger partial charge in [0.05, 0.1) is 5.56 Å². The molecule has 138 valence electrons. The van der Waals surface area contributed by atoms with Crippen LogP contribution in [0.4, 0.5) is 18.9 Å². The van der Waals surface area contributed by atoms with E-state index in [0.29, 0.717) is 13.0 Å². The number of halogens is 3. The van der Waals surface area contributed by atoms with Crippen molar-refractivity contribution in [3.8, 4) is 0 Å². The van der Waals surface area contributed by atoms with Crippen molar-refractivity contribution in [1.82, 2.24) is 5.32 Å². The summed E-state index contributed by atoms with van der Waals surface area (Å²) in [7, 11) is 0. The Hall–Kier alpha value is -2.50. The lowest BCUT2D eigenvalue weighted by atomic mass is 10.1. The molecule has 2 aromatic carbocycles. The fourth-order valence-electron chi connectivity index (χ4n) is 3.08. The fourth-order valence-corrected chi connectivity index (χ4v) is 3.08. The van der Waals surface area contributed by atoms with Crippen LogP contribution in [0.5, 0.6) is 0 Å². The summed E-state index contributed by atoms with van der Waals surface area (Å²) >= 11 is 0. The highest BCUT2D eigenvalue weighted by Gasteiger charge is 2.30. The summed E-state index contributed by atoms with van der Waals surface area (Å²) in [5, 5.41) is 2.74. The van der Waals surface area contributed by atoms with Gasteiger partial charge in [0.1, 0.15) is 0 Å². The minimum atomic E-state index is -4.39. The predicted octanol–water partition coefficient (Wildman–Crippen LogP) is 4.28. The first-order chi connectivity index (χ1) is 12.4. The van der Waals surface area contributed by atoms with E-state index in [-0.39, 0.29) is 11.5 Å². The molecule has 0 aromatic heterocycles. The lowest BCUT2D eigenvalue weighted by Crippen LogP contribution is -2.25. The van der Waals surface area contributed by atoms with Gasteiger partial charge in [-0.1, -0.05) is 12.1 Å². The van der Waals surface area contributed by atoms with E-state index in [0.717, 1.165) is 30.8 Å². The molecule has 0 atom stereocenters. The number of anilines is 1. The van der Waals surface area contributed by atoms with Gasteiger partial charge in [0, 0.05) is 30.9 Å². The van der Waals surface area contributed by atoms with Gasteiger partial charge in [-0.15, -0.1) is 0 Å². The van der Waals surface area contributed by atoms with Gasteiger partial charge in [-0.05, 0) is 61.2 Å². The molecule has 3 rings (SSSR count). The minimum absolute atomic E-state index is 0.224. The monoisotopic (exact) mass is 362 g/mol. The highest BCUT2D eigenvalue weighted by molar-refractivity contribution is 5.94. The molecule has 0 unspecified atom stereocenters. The Labute approximate surface area is 150 Å². The van der Waals surface area contributed by atoms with E-state index in [1.54, 1.807) is 0 Å². The smallest absolute Gasteiger partial charge is 0.372 e. The standard InChI is InChI=1S/C20H21F3N2O/c21-20(22,23)17-7-5-16(6-8-17)19(26)24-12-11-15-3-9-18(10-4-15)25-13-1-2-14-25/h3-10H,1-2,11-14H2,(H,24,26). The van der Waals surface area contributed by atoms with Gasteiger partial charge in [-0.3, -0.25) is 4.79 Å². The molecular weight excluding hydrogens is 341 g/mol. The Morgan fingerprint density at radius 3 is 2.15 bits per heavy atom. The van der Waals surface area contributed by atoms with E-state index in [9.17, 15) is 18.0 Å². The first kappa shape index (κ1) is 18.3. The molecular formula is C20H21F3N2O. The van der Waals surface area contributed by atoms with E-state index < -0.39 is 11.7 Å². The molecule has 1 aliphatic heterocycles. The summed E-state index contributed by atoms with van der Waals surface area (Å²) < 4.78 is 37.6. The Morgan fingerprint density at radius 1 is 0.962 bits per heavy atom. The number of nitrogens with zero attached hydrogens (tertiary/aromatic N) is 1. The summed E-state index contributed by atoms with van der Waals surface area (Å²) in [5.74, 6) is -0.368. The maximum atomic E-state index is 12.5. The molecule has 6 heteroatoms. The molecule has 26 heavy (non-hydrogen) atoms. The number of alkyl halides is 3. The topological polar surface area (TPSA) is 32.3 Å². The fraction of sp³-hybridized carbons (Fsp3) is 0.350. The Kier molecular flexibility index (Phi) is 5.49. The lowest BCUT2D eigenvalue weighted by Gasteiger charge is -2.17. The van der Waals surface area contributed by atoms with Crippen LogP contribution in [-0.2, 0) is 12.6 Å². The molecule has 1 fully saturated rings. The SMILES string of the molecule is O=C(NCCc1ccc(N2CCCC2)cc1)c1ccc(C(F)(F)F)cc1. The van der Waals surface area contributed by atoms with Gasteiger partial charge in [0.15, 0.2) is 0 Å². The summed E-state index contributed by atoms with van der Waals surface area (Å²) in [6.07, 6.45) is -1.25. The van der Waals surface area contributed by atoms with Crippen molar-refractivity contribution in [3.05, 3.63) is 65.2 Å². The summed E-state index contributed by atoms with van der Waals surface area (Å²) in [6, 6.07) is 12.5. The van der Waals surface area contributed by atoms with Crippen molar-refractivity contribution in [3.63, 3.8) is 0 Å². The molecule has 0 saturated carbocycles. The van der Waals surface area contributed by atoms with E-state index in [2.05, 4.69) is 34.5 Å². The van der Waals surface area contributed by atoms with Gasteiger partial charge in [0.25, 0.3) is 5.91 Å². The second-order valence-corrected chi connectivity index (χ2v) is 6.44. The molecule has 0 aliphatic carbocycles. The lowest BCUT2D eigenvalue weighted by molar-refractivity contribution is -0.137. The number of benzene rings is 2. The van der Waals surface area contributed by atoms with E-state index >= 15 is 0 Å². The molecule has 1 N–H and O–H groups in total. The van der Waals surface area contributed by atoms with Crippen LogP contribution in [-0.4, -0.2) is 25.5 Å².